The molecule has 188 valence electrons. The van der Waals surface area contributed by atoms with Gasteiger partial charge in [-0.2, -0.15) is 0 Å². The first-order chi connectivity index (χ1) is 16.9. The number of hydrogen-bond donors (Lipinski definition) is 4. The molecule has 35 heavy (non-hydrogen) atoms. The van der Waals surface area contributed by atoms with Crippen LogP contribution in [0.25, 0.3) is 22.5 Å². The SMILES string of the molecule is COCCC(NCC(C)(C)c1nc(-c2ccc(Cl)c(O)c2)c(-c2ccncc2)[nH]1)C1CCNCC1. The van der Waals surface area contributed by atoms with Crippen LogP contribution >= 0.6 is 11.6 Å². The Labute approximate surface area is 212 Å². The summed E-state index contributed by atoms with van der Waals surface area (Å²) in [6, 6.07) is 9.56. The summed E-state index contributed by atoms with van der Waals surface area (Å²) in [6.07, 6.45) is 6.89. The zero-order chi connectivity index (χ0) is 24.8. The Hall–Kier alpha value is -2.45. The van der Waals surface area contributed by atoms with E-state index >= 15 is 0 Å². The second-order valence-corrected chi connectivity index (χ2v) is 10.4. The Balaban J connectivity index is 1.62. The normalized spacial score (nSPS) is 15.9. The van der Waals surface area contributed by atoms with Crippen LogP contribution in [0.5, 0.6) is 5.75 Å². The number of phenolic OH excluding ortho intramolecular Hbond substituents is 1. The standard InChI is InChI=1S/C27H36ClN5O2/c1-27(2,17-31-22(10-15-35-3)18-6-11-29-12-7-18)26-32-24(19-8-13-30-14-9-19)25(33-26)20-4-5-21(28)23(34)16-20/h4-5,8-9,13-14,16,18,22,29,31,34H,6-7,10-12,15,17H2,1-3H3,(H,32,33). The van der Waals surface area contributed by atoms with Crippen molar-refractivity contribution in [3.05, 3.63) is 53.6 Å². The Bertz CT molecular complexity index is 1100. The van der Waals surface area contributed by atoms with E-state index in [9.17, 15) is 5.11 Å². The van der Waals surface area contributed by atoms with Crippen LogP contribution < -0.4 is 10.6 Å². The van der Waals surface area contributed by atoms with Crippen molar-refractivity contribution in [2.45, 2.75) is 44.6 Å². The molecule has 0 spiro atoms. The van der Waals surface area contributed by atoms with Gasteiger partial charge in [0.2, 0.25) is 0 Å². The minimum Gasteiger partial charge on any atom is -0.506 e. The summed E-state index contributed by atoms with van der Waals surface area (Å²) >= 11 is 6.07. The van der Waals surface area contributed by atoms with E-state index in [2.05, 4.69) is 34.4 Å². The van der Waals surface area contributed by atoms with E-state index < -0.39 is 0 Å². The molecular weight excluding hydrogens is 462 g/mol. The predicted octanol–water partition coefficient (Wildman–Crippen LogP) is 4.77. The van der Waals surface area contributed by atoms with Crippen molar-refractivity contribution < 1.29 is 9.84 Å². The fraction of sp³-hybridized carbons (Fsp3) is 0.481. The summed E-state index contributed by atoms with van der Waals surface area (Å²) in [4.78, 5) is 12.8. The number of rotatable bonds is 10. The molecule has 3 heterocycles. The largest absolute Gasteiger partial charge is 0.506 e. The van der Waals surface area contributed by atoms with Crippen molar-refractivity contribution in [3.8, 4) is 28.3 Å². The van der Waals surface area contributed by atoms with Crippen molar-refractivity contribution in [3.63, 3.8) is 0 Å². The molecule has 4 N–H and O–H groups in total. The Kier molecular flexibility index (Phi) is 8.44. The summed E-state index contributed by atoms with van der Waals surface area (Å²) in [6.45, 7) is 8.08. The number of aromatic hydroxyl groups is 1. The third-order valence-corrected chi connectivity index (χ3v) is 7.25. The van der Waals surface area contributed by atoms with Crippen molar-refractivity contribution in [2.75, 3.05) is 33.4 Å². The lowest BCUT2D eigenvalue weighted by molar-refractivity contribution is 0.158. The molecule has 4 rings (SSSR count). The minimum absolute atomic E-state index is 0.0401. The summed E-state index contributed by atoms with van der Waals surface area (Å²) in [5, 5.41) is 17.9. The summed E-state index contributed by atoms with van der Waals surface area (Å²) < 4.78 is 5.41. The zero-order valence-corrected chi connectivity index (χ0v) is 21.5. The summed E-state index contributed by atoms with van der Waals surface area (Å²) in [7, 11) is 1.77. The number of phenols is 1. The Morgan fingerprint density at radius 2 is 1.91 bits per heavy atom. The molecular formula is C27H36ClN5O2. The van der Waals surface area contributed by atoms with Gasteiger partial charge < -0.3 is 25.5 Å². The van der Waals surface area contributed by atoms with Crippen LogP contribution in [0.3, 0.4) is 0 Å². The van der Waals surface area contributed by atoms with Gasteiger partial charge in [0.15, 0.2) is 0 Å². The van der Waals surface area contributed by atoms with E-state index in [1.54, 1.807) is 31.6 Å². The second kappa shape index (κ2) is 11.5. The van der Waals surface area contributed by atoms with E-state index in [1.165, 1.54) is 12.8 Å². The highest BCUT2D eigenvalue weighted by Crippen LogP contribution is 2.36. The highest BCUT2D eigenvalue weighted by molar-refractivity contribution is 6.32. The predicted molar refractivity (Wildman–Crippen MR) is 141 cm³/mol. The van der Waals surface area contributed by atoms with Gasteiger partial charge in [0.25, 0.3) is 0 Å². The van der Waals surface area contributed by atoms with Crippen molar-refractivity contribution in [1.82, 2.24) is 25.6 Å². The molecule has 1 saturated heterocycles. The average Bonchev–Trinajstić information content (AvgIpc) is 3.33. The fourth-order valence-electron chi connectivity index (χ4n) is 4.76. The molecule has 1 aliphatic rings. The van der Waals surface area contributed by atoms with Crippen LogP contribution in [-0.2, 0) is 10.2 Å². The first kappa shape index (κ1) is 25.6. The molecule has 0 saturated carbocycles. The topological polar surface area (TPSA) is 95.1 Å². The number of methoxy groups -OCH3 is 1. The molecule has 1 atom stereocenters. The van der Waals surface area contributed by atoms with Gasteiger partial charge in [0, 0.05) is 55.2 Å². The van der Waals surface area contributed by atoms with Gasteiger partial charge in [-0.25, -0.2) is 4.98 Å². The average molecular weight is 498 g/mol. The number of aromatic amines is 1. The number of ether oxygens (including phenoxy) is 1. The number of pyridine rings is 1. The van der Waals surface area contributed by atoms with Crippen LogP contribution in [0.1, 0.15) is 38.9 Å². The van der Waals surface area contributed by atoms with Crippen molar-refractivity contribution in [2.24, 2.45) is 5.92 Å². The molecule has 0 aliphatic carbocycles. The third kappa shape index (κ3) is 6.22. The van der Waals surface area contributed by atoms with E-state index in [0.29, 0.717) is 17.0 Å². The molecule has 7 nitrogen and oxygen atoms in total. The van der Waals surface area contributed by atoms with Gasteiger partial charge in [0.05, 0.1) is 16.4 Å². The summed E-state index contributed by atoms with van der Waals surface area (Å²) in [5.74, 6) is 1.56. The van der Waals surface area contributed by atoms with E-state index in [1.807, 2.05) is 18.2 Å². The number of halogens is 1. The highest BCUT2D eigenvalue weighted by atomic mass is 35.5. The van der Waals surface area contributed by atoms with E-state index in [4.69, 9.17) is 21.3 Å². The van der Waals surface area contributed by atoms with Crippen LogP contribution in [0.2, 0.25) is 5.02 Å². The lowest BCUT2D eigenvalue weighted by Gasteiger charge is -2.34. The second-order valence-electron chi connectivity index (χ2n) is 9.95. The molecule has 0 amide bonds. The molecule has 0 bridgehead atoms. The number of H-pyrrole nitrogens is 1. The number of aromatic nitrogens is 3. The van der Waals surface area contributed by atoms with E-state index in [-0.39, 0.29) is 11.2 Å². The van der Waals surface area contributed by atoms with Gasteiger partial charge in [-0.15, -0.1) is 0 Å². The van der Waals surface area contributed by atoms with Crippen molar-refractivity contribution >= 4 is 11.6 Å². The van der Waals surface area contributed by atoms with Gasteiger partial charge in [-0.3, -0.25) is 4.98 Å². The molecule has 1 unspecified atom stereocenters. The van der Waals surface area contributed by atoms with Gasteiger partial charge in [-0.05, 0) is 62.5 Å². The van der Waals surface area contributed by atoms with Crippen LogP contribution in [0, 0.1) is 5.92 Å². The number of nitrogens with zero attached hydrogens (tertiary/aromatic N) is 2. The third-order valence-electron chi connectivity index (χ3n) is 6.93. The maximum absolute atomic E-state index is 10.2. The van der Waals surface area contributed by atoms with Crippen LogP contribution in [0.15, 0.2) is 42.7 Å². The molecule has 0 radical (unpaired) electrons. The molecule has 2 aromatic heterocycles. The lowest BCUT2D eigenvalue weighted by atomic mass is 9.86. The maximum Gasteiger partial charge on any atom is 0.134 e. The van der Waals surface area contributed by atoms with Crippen molar-refractivity contribution in [1.29, 1.82) is 0 Å². The molecule has 3 aromatic rings. The van der Waals surface area contributed by atoms with Crippen LogP contribution in [0.4, 0.5) is 0 Å². The van der Waals surface area contributed by atoms with Gasteiger partial charge in [-0.1, -0.05) is 31.5 Å². The Morgan fingerprint density at radius 1 is 1.17 bits per heavy atom. The number of nitrogens with one attached hydrogen (secondary N) is 3. The van der Waals surface area contributed by atoms with Crippen LogP contribution in [-0.4, -0.2) is 59.5 Å². The minimum atomic E-state index is -0.257. The fourth-order valence-corrected chi connectivity index (χ4v) is 4.87. The van der Waals surface area contributed by atoms with Gasteiger partial charge in [0.1, 0.15) is 11.6 Å². The molecule has 1 fully saturated rings. The number of piperidine rings is 1. The molecule has 1 aromatic carbocycles. The van der Waals surface area contributed by atoms with Gasteiger partial charge >= 0.3 is 0 Å². The maximum atomic E-state index is 10.2. The number of hydrogen-bond acceptors (Lipinski definition) is 6. The van der Waals surface area contributed by atoms with E-state index in [0.717, 1.165) is 61.0 Å². The first-order valence-corrected chi connectivity index (χ1v) is 12.7. The summed E-state index contributed by atoms with van der Waals surface area (Å²) in [5.41, 5.74) is 3.21. The lowest BCUT2D eigenvalue weighted by Crippen LogP contribution is -2.46. The number of benzene rings is 1. The smallest absolute Gasteiger partial charge is 0.134 e. The first-order valence-electron chi connectivity index (χ1n) is 12.3. The molecule has 1 aliphatic heterocycles. The zero-order valence-electron chi connectivity index (χ0n) is 20.8. The number of imidazole rings is 1. The molecule has 8 heteroatoms. The Morgan fingerprint density at radius 3 is 2.60 bits per heavy atom. The quantitative estimate of drug-likeness (QED) is 0.322. The highest BCUT2D eigenvalue weighted by Gasteiger charge is 2.30. The monoisotopic (exact) mass is 497 g/mol.